The van der Waals surface area contributed by atoms with Gasteiger partial charge in [-0.1, -0.05) is 23.8 Å². The second kappa shape index (κ2) is 10.2. The molecule has 0 saturated heterocycles. The molecule has 4 aliphatic rings. The molecule has 4 aliphatic carbocycles. The fraction of sp³-hybridized carbons (Fsp3) is 0.444. The van der Waals surface area contributed by atoms with E-state index in [0.29, 0.717) is 5.92 Å². The fourth-order valence-corrected chi connectivity index (χ4v) is 6.89. The van der Waals surface area contributed by atoms with Crippen molar-refractivity contribution in [3.05, 3.63) is 76.7 Å². The van der Waals surface area contributed by atoms with Gasteiger partial charge in [-0.05, 0) is 97.2 Å². The molecular formula is C27H31I2O2Rh. The number of benzene rings is 2. The summed E-state index contributed by atoms with van der Waals surface area (Å²) in [6, 6.07) is 9.12. The number of rotatable bonds is 2. The van der Waals surface area contributed by atoms with E-state index in [1.807, 2.05) is 14.2 Å². The average molecular weight is 744 g/mol. The molecule has 0 N–H and O–H groups in total. The van der Waals surface area contributed by atoms with Gasteiger partial charge in [-0.2, -0.15) is 0 Å². The Balaban J connectivity index is 0.000000582. The van der Waals surface area contributed by atoms with E-state index in [1.54, 1.807) is 27.8 Å². The van der Waals surface area contributed by atoms with Crippen LogP contribution in [-0.4, -0.2) is 14.2 Å². The minimum absolute atomic E-state index is 0. The summed E-state index contributed by atoms with van der Waals surface area (Å²) in [6.45, 7) is 0. The number of fused-ring (bicyclic) bond motifs is 1. The molecule has 32 heavy (non-hydrogen) atoms. The van der Waals surface area contributed by atoms with Crippen molar-refractivity contribution in [2.24, 2.45) is 5.92 Å². The molecule has 0 amide bonds. The zero-order valence-electron chi connectivity index (χ0n) is 19.0. The van der Waals surface area contributed by atoms with E-state index in [9.17, 15) is 0 Å². The van der Waals surface area contributed by atoms with Crippen LogP contribution < -0.4 is 9.47 Å². The molecule has 0 saturated carbocycles. The molecule has 0 heterocycles. The van der Waals surface area contributed by atoms with Crippen molar-refractivity contribution < 1.29 is 19.6 Å². The van der Waals surface area contributed by atoms with E-state index >= 15 is 0 Å². The zero-order chi connectivity index (χ0) is 21.6. The quantitative estimate of drug-likeness (QED) is 0.137. The Kier molecular flexibility index (Phi) is 7.99. The summed E-state index contributed by atoms with van der Waals surface area (Å²) in [5, 5.41) is 0. The predicted octanol–water partition coefficient (Wildman–Crippen LogP) is 7.54. The second-order valence-corrected chi connectivity index (χ2v) is 21.8. The third kappa shape index (κ3) is 3.90. The molecule has 174 valence electrons. The maximum atomic E-state index is 5.92. The molecule has 1 spiro atoms. The van der Waals surface area contributed by atoms with Crippen molar-refractivity contribution in [2.75, 3.05) is 14.2 Å². The topological polar surface area (TPSA) is 18.5 Å². The van der Waals surface area contributed by atoms with Crippen LogP contribution in [-0.2, 0) is 41.2 Å². The van der Waals surface area contributed by atoms with Gasteiger partial charge in [-0.3, -0.25) is 0 Å². The first kappa shape index (κ1) is 25.0. The van der Waals surface area contributed by atoms with Crippen molar-refractivity contribution in [3.8, 4) is 11.5 Å². The number of allylic oxidation sites excluding steroid dienone is 2. The van der Waals surface area contributed by atoms with Crippen molar-refractivity contribution in [2.45, 2.75) is 56.8 Å². The van der Waals surface area contributed by atoms with Crippen molar-refractivity contribution in [1.29, 1.82) is 0 Å². The van der Waals surface area contributed by atoms with Crippen molar-refractivity contribution >= 4 is 39.5 Å². The molecule has 6 rings (SSSR count). The van der Waals surface area contributed by atoms with Gasteiger partial charge in [0.25, 0.3) is 0 Å². The number of hydrogen-bond donors (Lipinski definition) is 0. The van der Waals surface area contributed by atoms with Gasteiger partial charge in [-0.25, -0.2) is 0 Å². The number of halogens is 2. The molecule has 0 fully saturated rings. The van der Waals surface area contributed by atoms with E-state index in [2.05, 4.69) is 69.8 Å². The zero-order valence-corrected chi connectivity index (χ0v) is 25.0. The van der Waals surface area contributed by atoms with Crippen LogP contribution in [0.1, 0.15) is 59.1 Å². The van der Waals surface area contributed by atoms with Gasteiger partial charge in [-0.15, -0.1) is 0 Å². The normalized spacial score (nSPS) is 23.9. The van der Waals surface area contributed by atoms with Crippen LogP contribution in [0.3, 0.4) is 0 Å². The Hall–Kier alpha value is -0.137. The predicted molar refractivity (Wildman–Crippen MR) is 146 cm³/mol. The molecule has 0 aromatic heterocycles. The van der Waals surface area contributed by atoms with Crippen LogP contribution in [0.5, 0.6) is 11.5 Å². The van der Waals surface area contributed by atoms with Crippen LogP contribution >= 0.6 is 39.5 Å². The van der Waals surface area contributed by atoms with Gasteiger partial charge in [0, 0.05) is 11.0 Å². The summed E-state index contributed by atoms with van der Waals surface area (Å²) in [4.78, 5) is 0. The van der Waals surface area contributed by atoms with E-state index < -0.39 is 0 Å². The van der Waals surface area contributed by atoms with E-state index in [4.69, 9.17) is 9.47 Å². The van der Waals surface area contributed by atoms with Gasteiger partial charge in [0.1, 0.15) is 11.5 Å². The first-order valence-electron chi connectivity index (χ1n) is 11.1. The number of ether oxygens (including phenoxy) is 2. The summed E-state index contributed by atoms with van der Waals surface area (Å²) in [7, 11) is 4.45. The summed E-state index contributed by atoms with van der Waals surface area (Å²) >= 11 is 4.69. The monoisotopic (exact) mass is 744 g/mol. The van der Waals surface area contributed by atoms with Gasteiger partial charge in [0.2, 0.25) is 0 Å². The molecule has 5 heteroatoms. The van der Waals surface area contributed by atoms with Crippen molar-refractivity contribution in [3.63, 3.8) is 0 Å². The Labute approximate surface area is 222 Å². The molecule has 2 aromatic carbocycles. The van der Waals surface area contributed by atoms with Crippen LogP contribution in [0.2, 0.25) is 0 Å². The summed E-state index contributed by atoms with van der Waals surface area (Å²) in [5.74, 6) is 2.83. The number of aryl methyl sites for hydroxylation is 2. The summed E-state index contributed by atoms with van der Waals surface area (Å²) < 4.78 is 11.8. The Bertz CT molecular complexity index is 1040. The summed E-state index contributed by atoms with van der Waals surface area (Å²) in [5.41, 5.74) is 11.1. The van der Waals surface area contributed by atoms with E-state index in [-0.39, 0.29) is 12.8 Å². The maximum absolute atomic E-state index is 5.92. The summed E-state index contributed by atoms with van der Waals surface area (Å²) in [6.07, 6.45) is 12.0. The third-order valence-electron chi connectivity index (χ3n) is 8.03. The molecule has 1 unspecified atom stereocenters. The molecule has 2 nitrogen and oxygen atoms in total. The molecule has 2 aromatic rings. The number of hydrogen-bond acceptors (Lipinski definition) is 2. The van der Waals surface area contributed by atoms with Crippen LogP contribution in [0, 0.1) is 13.3 Å². The first-order valence-corrected chi connectivity index (χ1v) is 20.8. The van der Waals surface area contributed by atoms with Crippen LogP contribution in [0.15, 0.2) is 35.9 Å². The Morgan fingerprint density at radius 3 is 2.06 bits per heavy atom. The van der Waals surface area contributed by atoms with Gasteiger partial charge < -0.3 is 16.9 Å². The fourth-order valence-electron chi connectivity index (χ4n) is 6.89. The van der Waals surface area contributed by atoms with Crippen LogP contribution in [0.4, 0.5) is 0 Å². The molecule has 0 aliphatic heterocycles. The molecular weight excluding hydrogens is 713 g/mol. The third-order valence-corrected chi connectivity index (χ3v) is 8.03. The molecule has 0 bridgehead atoms. The van der Waals surface area contributed by atoms with Gasteiger partial charge >= 0.3 is 49.6 Å². The van der Waals surface area contributed by atoms with Crippen molar-refractivity contribution in [1.82, 2.24) is 0 Å². The first-order chi connectivity index (χ1) is 15.2. The molecule has 0 radical (unpaired) electrons. The van der Waals surface area contributed by atoms with E-state index in [1.165, 1.54) is 49.7 Å². The molecule has 2 atom stereocenters. The van der Waals surface area contributed by atoms with Crippen LogP contribution in [0.25, 0.3) is 0 Å². The Morgan fingerprint density at radius 1 is 0.906 bits per heavy atom. The Morgan fingerprint density at radius 2 is 1.47 bits per heavy atom. The standard InChI is InChI=1S/C26H28O2.CH3.2HI.Rh/c1-27-22-8-6-16-10-12-26-13-11-17-7-9-23(28-2)21(25(17)26)15-19-5-3-4-18(19)14-20(22)24(16)26;;;;/h4,6-9,19H,3,5,10-15H2,1-2H3;1H3;2*1H;/q;-1;;;+3/p-2/t19?,26-;;;;/m0..../s1. The van der Waals surface area contributed by atoms with Gasteiger partial charge in [0.15, 0.2) is 0 Å². The SMILES string of the molecule is COc1ccc2c3c1CC1=CCCC1Cc1c(OC)ccc4c1[C@@]3(CC2)CC4.[CH3-].[I][Rh+][I]. The minimum atomic E-state index is 0. The van der Waals surface area contributed by atoms with Gasteiger partial charge in [0.05, 0.1) is 14.2 Å². The number of methoxy groups -OCH3 is 2. The average Bonchev–Trinajstić information content (AvgIpc) is 3.48. The second-order valence-electron chi connectivity index (χ2n) is 9.12. The van der Waals surface area contributed by atoms with E-state index in [0.717, 1.165) is 34.4 Å².